The van der Waals surface area contributed by atoms with Crippen molar-refractivity contribution in [1.29, 1.82) is 0 Å². The summed E-state index contributed by atoms with van der Waals surface area (Å²) in [4.78, 5) is 0. The van der Waals surface area contributed by atoms with Gasteiger partial charge < -0.3 is 0 Å². The Kier molecular flexibility index (Phi) is 1.17. The van der Waals surface area contributed by atoms with Crippen LogP contribution in [-0.4, -0.2) is 0 Å². The Morgan fingerprint density at radius 3 is 1.57 bits per heavy atom. The molecular formula is C6H10Hg. The van der Waals surface area contributed by atoms with Gasteiger partial charge in [0.05, 0.1) is 0 Å². The zero-order valence-corrected chi connectivity index (χ0v) is 10.2. The van der Waals surface area contributed by atoms with Crippen LogP contribution in [0.3, 0.4) is 0 Å². The Morgan fingerprint density at radius 2 is 1.29 bits per heavy atom. The van der Waals surface area contributed by atoms with E-state index >= 15 is 0 Å². The van der Waals surface area contributed by atoms with E-state index in [4.69, 9.17) is 0 Å². The Labute approximate surface area is 57.1 Å². The van der Waals surface area contributed by atoms with Gasteiger partial charge in [0, 0.05) is 0 Å². The van der Waals surface area contributed by atoms with Crippen molar-refractivity contribution < 1.29 is 24.6 Å². The van der Waals surface area contributed by atoms with Crippen LogP contribution in [0.1, 0.15) is 25.7 Å². The third-order valence-electron chi connectivity index (χ3n) is 2.06. The van der Waals surface area contributed by atoms with Crippen LogP contribution in [0.25, 0.3) is 0 Å². The topological polar surface area (TPSA) is 0 Å². The molecule has 0 atom stereocenters. The van der Waals surface area contributed by atoms with E-state index in [1.54, 1.807) is 25.7 Å². The molecule has 0 heterocycles. The average molecular weight is 283 g/mol. The van der Waals surface area contributed by atoms with Crippen LogP contribution in [0.5, 0.6) is 0 Å². The summed E-state index contributed by atoms with van der Waals surface area (Å²) in [6.45, 7) is 0. The molecule has 0 radical (unpaired) electrons. The summed E-state index contributed by atoms with van der Waals surface area (Å²) in [7, 11) is 0. The van der Waals surface area contributed by atoms with E-state index in [1.165, 1.54) is 6.85 Å². The Morgan fingerprint density at radius 1 is 0.857 bits per heavy atom. The van der Waals surface area contributed by atoms with Gasteiger partial charge >= 0.3 is 57.1 Å². The van der Waals surface area contributed by atoms with E-state index in [1.807, 2.05) is 0 Å². The molecule has 0 spiro atoms. The SMILES string of the molecule is C1C[CH]1[Hg][CH]1CC1. The standard InChI is InChI=1S/2C3H5.Hg/c2*1-2-3-1;/h2*1H,2-3H2;. The third kappa shape index (κ3) is 1.41. The van der Waals surface area contributed by atoms with Crippen LogP contribution < -0.4 is 0 Å². The molecule has 36 valence electrons. The molecule has 0 N–H and O–H groups in total. The number of hydrogen-bond acceptors (Lipinski definition) is 0. The molecule has 0 aromatic carbocycles. The van der Waals surface area contributed by atoms with Gasteiger partial charge in [-0.1, -0.05) is 0 Å². The first-order valence-electron chi connectivity index (χ1n) is 3.45. The van der Waals surface area contributed by atoms with E-state index in [2.05, 4.69) is 0 Å². The second-order valence-corrected chi connectivity index (χ2v) is 13.9. The number of rotatable bonds is 2. The summed E-state index contributed by atoms with van der Waals surface area (Å²) in [5.41, 5.74) is 0. The van der Waals surface area contributed by atoms with Gasteiger partial charge in [0.2, 0.25) is 0 Å². The van der Waals surface area contributed by atoms with Gasteiger partial charge in [-0.2, -0.15) is 0 Å². The average Bonchev–Trinajstić information content (AvgIpc) is 2.33. The van der Waals surface area contributed by atoms with Crippen LogP contribution in [0.4, 0.5) is 0 Å². The predicted octanol–water partition coefficient (Wildman–Crippen LogP) is 2.23. The van der Waals surface area contributed by atoms with Crippen LogP contribution in [-0.2, 0) is 24.6 Å². The fourth-order valence-electron chi connectivity index (χ4n) is 1.18. The summed E-state index contributed by atoms with van der Waals surface area (Å²) in [5.74, 6) is 0. The monoisotopic (exact) mass is 284 g/mol. The van der Waals surface area contributed by atoms with Crippen molar-refractivity contribution in [2.24, 2.45) is 0 Å². The number of hydrogen-bond donors (Lipinski definition) is 0. The Hall–Kier alpha value is 0.935. The van der Waals surface area contributed by atoms with Crippen molar-refractivity contribution in [3.63, 3.8) is 0 Å². The van der Waals surface area contributed by atoms with Gasteiger partial charge in [-0.05, 0) is 0 Å². The van der Waals surface area contributed by atoms with Crippen LogP contribution in [0, 0.1) is 0 Å². The zero-order valence-electron chi connectivity index (χ0n) is 4.69. The minimum atomic E-state index is -0.145. The molecule has 0 saturated heterocycles. The van der Waals surface area contributed by atoms with E-state index in [-0.39, 0.29) is 24.6 Å². The fraction of sp³-hybridized carbons (Fsp3) is 1.00. The van der Waals surface area contributed by atoms with Crippen molar-refractivity contribution in [2.45, 2.75) is 32.5 Å². The molecule has 2 fully saturated rings. The molecule has 0 aromatic rings. The van der Waals surface area contributed by atoms with Gasteiger partial charge in [0.15, 0.2) is 0 Å². The molecule has 0 aromatic heterocycles. The van der Waals surface area contributed by atoms with Gasteiger partial charge in [-0.15, -0.1) is 0 Å². The molecule has 2 aliphatic rings. The van der Waals surface area contributed by atoms with Crippen molar-refractivity contribution in [3.8, 4) is 0 Å². The van der Waals surface area contributed by atoms with E-state index in [0.29, 0.717) is 0 Å². The van der Waals surface area contributed by atoms with Gasteiger partial charge in [0.25, 0.3) is 0 Å². The second kappa shape index (κ2) is 1.71. The van der Waals surface area contributed by atoms with E-state index in [0.717, 1.165) is 0 Å². The summed E-state index contributed by atoms with van der Waals surface area (Å²) < 4.78 is 2.82. The molecule has 1 heteroatoms. The second-order valence-electron chi connectivity index (χ2n) is 3.12. The van der Waals surface area contributed by atoms with Crippen LogP contribution in [0.15, 0.2) is 0 Å². The first-order chi connectivity index (χ1) is 3.45. The Balaban J connectivity index is 1.69. The summed E-state index contributed by atoms with van der Waals surface area (Å²) in [5, 5.41) is 0. The quantitative estimate of drug-likeness (QED) is 0.682. The molecule has 2 saturated carbocycles. The first kappa shape index (κ1) is 4.78. The minimum absolute atomic E-state index is 0.145. The zero-order chi connectivity index (χ0) is 4.69. The maximum atomic E-state index is 1.65. The van der Waals surface area contributed by atoms with Crippen molar-refractivity contribution in [1.82, 2.24) is 0 Å². The van der Waals surface area contributed by atoms with Gasteiger partial charge in [0.1, 0.15) is 0 Å². The molecule has 0 amide bonds. The van der Waals surface area contributed by atoms with Crippen molar-refractivity contribution >= 4 is 0 Å². The summed E-state index contributed by atoms with van der Waals surface area (Å²) in [6, 6.07) is 0. The third-order valence-corrected chi connectivity index (χ3v) is 13.6. The maximum absolute atomic E-state index is 1.65. The normalized spacial score (nSPS) is 29.7. The van der Waals surface area contributed by atoms with E-state index < -0.39 is 0 Å². The molecule has 2 aliphatic carbocycles. The van der Waals surface area contributed by atoms with Gasteiger partial charge in [-0.3, -0.25) is 0 Å². The van der Waals surface area contributed by atoms with Crippen molar-refractivity contribution in [2.75, 3.05) is 0 Å². The molecular weight excluding hydrogens is 273 g/mol. The fourth-order valence-corrected chi connectivity index (χ4v) is 10.3. The molecule has 0 unspecified atom stereocenters. The first-order valence-corrected chi connectivity index (χ1v) is 9.80. The van der Waals surface area contributed by atoms with Crippen LogP contribution >= 0.6 is 0 Å². The van der Waals surface area contributed by atoms with Crippen LogP contribution in [0.2, 0.25) is 6.85 Å². The summed E-state index contributed by atoms with van der Waals surface area (Å²) >= 11 is -0.145. The molecule has 0 nitrogen and oxygen atoms in total. The summed E-state index contributed by atoms with van der Waals surface area (Å²) in [6.07, 6.45) is 6.60. The van der Waals surface area contributed by atoms with Gasteiger partial charge in [-0.25, -0.2) is 0 Å². The van der Waals surface area contributed by atoms with Crippen molar-refractivity contribution in [3.05, 3.63) is 0 Å². The molecule has 7 heavy (non-hydrogen) atoms. The molecule has 0 bridgehead atoms. The Bertz CT molecular complexity index is 62.2. The predicted molar refractivity (Wildman–Crippen MR) is 26.0 cm³/mol. The van der Waals surface area contributed by atoms with E-state index in [9.17, 15) is 0 Å². The molecule has 0 aliphatic heterocycles. The molecule has 2 rings (SSSR count).